The molecular weight excluding hydrogens is 466 g/mol. The van der Waals surface area contributed by atoms with Crippen LogP contribution in [0.15, 0.2) is 66.7 Å². The molecule has 0 atom stereocenters. The van der Waals surface area contributed by atoms with E-state index in [4.69, 9.17) is 30.5 Å². The van der Waals surface area contributed by atoms with E-state index in [1.165, 1.54) is 13.2 Å². The third-order valence-electron chi connectivity index (χ3n) is 4.88. The van der Waals surface area contributed by atoms with E-state index in [9.17, 15) is 10.1 Å². The van der Waals surface area contributed by atoms with Crippen molar-refractivity contribution in [1.29, 1.82) is 5.26 Å². The number of methoxy groups -OCH3 is 2. The van der Waals surface area contributed by atoms with E-state index in [0.29, 0.717) is 40.0 Å². The van der Waals surface area contributed by atoms with E-state index >= 15 is 0 Å². The van der Waals surface area contributed by atoms with E-state index in [1.807, 2.05) is 13.0 Å². The molecular formula is C28H24ClNO5. The van der Waals surface area contributed by atoms with Crippen LogP contribution in [0.5, 0.6) is 23.0 Å². The number of rotatable bonds is 9. The molecule has 7 heteroatoms. The van der Waals surface area contributed by atoms with E-state index in [1.54, 1.807) is 73.9 Å². The number of ether oxygens (including phenoxy) is 4. The molecule has 0 unspecified atom stereocenters. The summed E-state index contributed by atoms with van der Waals surface area (Å²) in [5.41, 5.74) is 2.66. The predicted molar refractivity (Wildman–Crippen MR) is 137 cm³/mol. The minimum atomic E-state index is -0.571. The molecule has 0 aliphatic rings. The molecule has 0 aliphatic heterocycles. The number of hydrogen-bond donors (Lipinski definition) is 0. The quantitative estimate of drug-likeness (QED) is 0.113. The largest absolute Gasteiger partial charge is 0.493 e. The van der Waals surface area contributed by atoms with Gasteiger partial charge in [-0.1, -0.05) is 35.9 Å². The van der Waals surface area contributed by atoms with E-state index in [-0.39, 0.29) is 5.75 Å². The highest BCUT2D eigenvalue weighted by Gasteiger charge is 2.10. The Morgan fingerprint density at radius 3 is 2.20 bits per heavy atom. The first-order valence-corrected chi connectivity index (χ1v) is 11.1. The SMILES string of the molecule is CCOc1ccc(/C=C/C(=O)Oc2ccc(/C=C(/C#N)c3ccc(Cl)cc3)cc2OC)cc1OC. The number of halogens is 1. The molecule has 0 N–H and O–H groups in total. The number of benzene rings is 3. The number of carbonyl (C=O) groups is 1. The summed E-state index contributed by atoms with van der Waals surface area (Å²) in [5, 5.41) is 10.2. The van der Waals surface area contributed by atoms with Crippen molar-refractivity contribution in [3.63, 3.8) is 0 Å². The van der Waals surface area contributed by atoms with Gasteiger partial charge in [-0.25, -0.2) is 4.79 Å². The van der Waals surface area contributed by atoms with Crippen LogP contribution in [-0.4, -0.2) is 26.8 Å². The van der Waals surface area contributed by atoms with Crippen molar-refractivity contribution in [2.45, 2.75) is 6.92 Å². The average Bonchev–Trinajstić information content (AvgIpc) is 2.88. The molecule has 3 aromatic rings. The maximum atomic E-state index is 12.4. The first-order chi connectivity index (χ1) is 17.0. The molecule has 0 saturated carbocycles. The smallest absolute Gasteiger partial charge is 0.336 e. The van der Waals surface area contributed by atoms with Gasteiger partial charge in [0, 0.05) is 11.1 Å². The van der Waals surface area contributed by atoms with Gasteiger partial charge in [-0.15, -0.1) is 0 Å². The van der Waals surface area contributed by atoms with Crippen molar-refractivity contribution in [3.8, 4) is 29.1 Å². The minimum absolute atomic E-state index is 0.258. The monoisotopic (exact) mass is 489 g/mol. The van der Waals surface area contributed by atoms with Crippen LogP contribution < -0.4 is 18.9 Å². The molecule has 3 aromatic carbocycles. The van der Waals surface area contributed by atoms with Crippen LogP contribution in [0.25, 0.3) is 17.7 Å². The molecule has 0 aromatic heterocycles. The minimum Gasteiger partial charge on any atom is -0.493 e. The van der Waals surface area contributed by atoms with Crippen molar-refractivity contribution < 1.29 is 23.7 Å². The van der Waals surface area contributed by atoms with Crippen LogP contribution in [-0.2, 0) is 4.79 Å². The topological polar surface area (TPSA) is 77.8 Å². The number of nitriles is 1. The molecule has 0 saturated heterocycles. The second-order valence-electron chi connectivity index (χ2n) is 7.18. The van der Waals surface area contributed by atoms with E-state index < -0.39 is 5.97 Å². The first-order valence-electron chi connectivity index (χ1n) is 10.7. The van der Waals surface area contributed by atoms with Gasteiger partial charge >= 0.3 is 5.97 Å². The van der Waals surface area contributed by atoms with Crippen molar-refractivity contribution in [2.24, 2.45) is 0 Å². The fourth-order valence-corrected chi connectivity index (χ4v) is 3.33. The summed E-state index contributed by atoms with van der Waals surface area (Å²) < 4.78 is 21.7. The maximum absolute atomic E-state index is 12.4. The summed E-state index contributed by atoms with van der Waals surface area (Å²) in [7, 11) is 3.03. The van der Waals surface area contributed by atoms with E-state index in [2.05, 4.69) is 6.07 Å². The zero-order chi connectivity index (χ0) is 25.2. The van der Waals surface area contributed by atoms with Crippen molar-refractivity contribution >= 4 is 35.3 Å². The van der Waals surface area contributed by atoms with Crippen LogP contribution in [0.4, 0.5) is 0 Å². The fourth-order valence-electron chi connectivity index (χ4n) is 3.20. The molecule has 0 aliphatic carbocycles. The summed E-state index contributed by atoms with van der Waals surface area (Å²) in [6, 6.07) is 19.6. The van der Waals surface area contributed by atoms with Gasteiger partial charge in [0.05, 0.1) is 32.5 Å². The van der Waals surface area contributed by atoms with Crippen LogP contribution in [0.3, 0.4) is 0 Å². The predicted octanol–water partition coefficient (Wildman–Crippen LogP) is 6.44. The number of esters is 1. The summed E-state index contributed by atoms with van der Waals surface area (Å²) in [6.07, 6.45) is 4.66. The van der Waals surface area contributed by atoms with Gasteiger partial charge in [-0.2, -0.15) is 5.26 Å². The van der Waals surface area contributed by atoms with Gasteiger partial charge < -0.3 is 18.9 Å². The van der Waals surface area contributed by atoms with Crippen LogP contribution in [0.2, 0.25) is 5.02 Å². The third-order valence-corrected chi connectivity index (χ3v) is 5.14. The highest BCUT2D eigenvalue weighted by atomic mass is 35.5. The maximum Gasteiger partial charge on any atom is 0.336 e. The molecule has 0 fully saturated rings. The summed E-state index contributed by atoms with van der Waals surface area (Å²) >= 11 is 5.93. The van der Waals surface area contributed by atoms with Crippen molar-refractivity contribution in [1.82, 2.24) is 0 Å². The fraction of sp³-hybridized carbons (Fsp3) is 0.143. The molecule has 35 heavy (non-hydrogen) atoms. The Hall–Kier alpha value is -4.21. The van der Waals surface area contributed by atoms with Crippen LogP contribution >= 0.6 is 11.6 Å². The number of allylic oxidation sites excluding steroid dienone is 1. The normalized spacial score (nSPS) is 11.1. The lowest BCUT2D eigenvalue weighted by molar-refractivity contribution is -0.129. The molecule has 0 bridgehead atoms. The highest BCUT2D eigenvalue weighted by molar-refractivity contribution is 6.30. The lowest BCUT2D eigenvalue weighted by atomic mass is 10.0. The number of hydrogen-bond acceptors (Lipinski definition) is 6. The summed E-state index contributed by atoms with van der Waals surface area (Å²) in [6.45, 7) is 2.41. The Kier molecular flexibility index (Phi) is 8.94. The average molecular weight is 490 g/mol. The van der Waals surface area contributed by atoms with E-state index in [0.717, 1.165) is 11.1 Å². The lowest BCUT2D eigenvalue weighted by Gasteiger charge is -2.10. The Bertz CT molecular complexity index is 1290. The molecule has 0 radical (unpaired) electrons. The first kappa shape index (κ1) is 25.4. The van der Waals surface area contributed by atoms with Crippen LogP contribution in [0, 0.1) is 11.3 Å². The van der Waals surface area contributed by atoms with Gasteiger partial charge in [-0.3, -0.25) is 0 Å². The summed E-state index contributed by atoms with van der Waals surface area (Å²) in [4.78, 5) is 12.4. The van der Waals surface area contributed by atoms with Gasteiger partial charge in [0.1, 0.15) is 0 Å². The second kappa shape index (κ2) is 12.3. The lowest BCUT2D eigenvalue weighted by Crippen LogP contribution is -2.05. The molecule has 3 rings (SSSR count). The zero-order valence-corrected chi connectivity index (χ0v) is 20.3. The van der Waals surface area contributed by atoms with Gasteiger partial charge in [0.25, 0.3) is 0 Å². The Labute approximate surface area is 209 Å². The Balaban J connectivity index is 1.75. The third kappa shape index (κ3) is 6.89. The number of nitrogens with zero attached hydrogens (tertiary/aromatic N) is 1. The molecule has 178 valence electrons. The van der Waals surface area contributed by atoms with Crippen LogP contribution in [0.1, 0.15) is 23.6 Å². The van der Waals surface area contributed by atoms with Crippen molar-refractivity contribution in [3.05, 3.63) is 88.5 Å². The highest BCUT2D eigenvalue weighted by Crippen LogP contribution is 2.31. The Morgan fingerprint density at radius 1 is 0.914 bits per heavy atom. The second-order valence-corrected chi connectivity index (χ2v) is 7.62. The molecule has 0 spiro atoms. The summed E-state index contributed by atoms with van der Waals surface area (Å²) in [5.74, 6) is 1.25. The molecule has 0 amide bonds. The van der Waals surface area contributed by atoms with Gasteiger partial charge in [-0.05, 0) is 72.2 Å². The zero-order valence-electron chi connectivity index (χ0n) is 19.6. The van der Waals surface area contributed by atoms with Crippen molar-refractivity contribution in [2.75, 3.05) is 20.8 Å². The Morgan fingerprint density at radius 2 is 1.54 bits per heavy atom. The molecule has 0 heterocycles. The van der Waals surface area contributed by atoms with Gasteiger partial charge in [0.2, 0.25) is 0 Å². The number of carbonyl (C=O) groups excluding carboxylic acids is 1. The molecule has 6 nitrogen and oxygen atoms in total. The van der Waals surface area contributed by atoms with Gasteiger partial charge in [0.15, 0.2) is 23.0 Å². The standard InChI is InChI=1S/C28H24ClNO5/c1-4-34-24-12-5-19(16-26(24)32-2)7-14-28(31)35-25-13-6-20(17-27(25)33-3)15-22(18-30)21-8-10-23(29)11-9-21/h5-17H,4H2,1-3H3/b14-7+,22-15-.